The molecule has 0 bridgehead atoms. The van der Waals surface area contributed by atoms with Gasteiger partial charge in [-0.05, 0) is 52.2 Å². The van der Waals surface area contributed by atoms with E-state index in [0.717, 1.165) is 18.0 Å². The predicted octanol–water partition coefficient (Wildman–Crippen LogP) is 1.09. The van der Waals surface area contributed by atoms with Gasteiger partial charge in [0, 0.05) is 51.4 Å². The Kier molecular flexibility index (Phi) is 5.54. The second-order valence-electron chi connectivity index (χ2n) is 7.50. The molecular formula is C17H34N4. The van der Waals surface area contributed by atoms with Crippen molar-refractivity contribution in [2.24, 2.45) is 5.92 Å². The molecule has 0 aliphatic carbocycles. The molecule has 3 saturated heterocycles. The molecule has 0 aromatic heterocycles. The van der Waals surface area contributed by atoms with E-state index in [4.69, 9.17) is 0 Å². The van der Waals surface area contributed by atoms with Gasteiger partial charge in [-0.25, -0.2) is 0 Å². The van der Waals surface area contributed by atoms with Gasteiger partial charge in [-0.1, -0.05) is 6.42 Å². The van der Waals surface area contributed by atoms with Crippen molar-refractivity contribution in [3.05, 3.63) is 0 Å². The summed E-state index contributed by atoms with van der Waals surface area (Å²) in [5.74, 6) is 0.871. The number of piperidine rings is 2. The van der Waals surface area contributed by atoms with Gasteiger partial charge in [0.15, 0.2) is 0 Å². The average Bonchev–Trinajstić information content (AvgIpc) is 2.51. The van der Waals surface area contributed by atoms with Gasteiger partial charge in [-0.2, -0.15) is 0 Å². The zero-order valence-corrected chi connectivity index (χ0v) is 14.1. The van der Waals surface area contributed by atoms with E-state index in [0.29, 0.717) is 0 Å². The smallest absolute Gasteiger partial charge is 0.0262 e. The lowest BCUT2D eigenvalue weighted by Gasteiger charge is -2.46. The van der Waals surface area contributed by atoms with Gasteiger partial charge in [0.2, 0.25) is 0 Å². The first-order valence-corrected chi connectivity index (χ1v) is 9.11. The van der Waals surface area contributed by atoms with E-state index in [1.54, 1.807) is 0 Å². The summed E-state index contributed by atoms with van der Waals surface area (Å²) in [6, 6.07) is 1.57. The van der Waals surface area contributed by atoms with E-state index in [1.165, 1.54) is 78.0 Å². The highest BCUT2D eigenvalue weighted by molar-refractivity contribution is 4.90. The summed E-state index contributed by atoms with van der Waals surface area (Å²) in [5, 5.41) is 3.65. The third kappa shape index (κ3) is 3.98. The number of nitrogens with one attached hydrogen (secondary N) is 1. The topological polar surface area (TPSA) is 21.8 Å². The molecule has 0 spiro atoms. The third-order valence-corrected chi connectivity index (χ3v) is 6.01. The molecule has 3 atom stereocenters. The van der Waals surface area contributed by atoms with Crippen LogP contribution in [0.3, 0.4) is 0 Å². The van der Waals surface area contributed by atoms with Gasteiger partial charge in [-0.15, -0.1) is 0 Å². The SMILES string of the molecule is CC1CCCCN1CC1CCNCC1N1CCN(C)CC1. The fraction of sp³-hybridized carbons (Fsp3) is 1.00. The van der Waals surface area contributed by atoms with Gasteiger partial charge >= 0.3 is 0 Å². The molecular weight excluding hydrogens is 260 g/mol. The van der Waals surface area contributed by atoms with Gasteiger partial charge < -0.3 is 15.1 Å². The molecule has 0 saturated carbocycles. The molecule has 3 fully saturated rings. The third-order valence-electron chi connectivity index (χ3n) is 6.01. The van der Waals surface area contributed by atoms with Gasteiger partial charge in [0.25, 0.3) is 0 Å². The average molecular weight is 294 g/mol. The van der Waals surface area contributed by atoms with Crippen molar-refractivity contribution in [3.63, 3.8) is 0 Å². The number of nitrogens with zero attached hydrogens (tertiary/aromatic N) is 3. The summed E-state index contributed by atoms with van der Waals surface area (Å²) in [6.45, 7) is 12.5. The Labute approximate surface area is 130 Å². The van der Waals surface area contributed by atoms with Gasteiger partial charge in [-0.3, -0.25) is 4.90 Å². The number of rotatable bonds is 3. The van der Waals surface area contributed by atoms with E-state index < -0.39 is 0 Å². The Morgan fingerprint density at radius 2 is 1.81 bits per heavy atom. The lowest BCUT2D eigenvalue weighted by molar-refractivity contribution is 0.0378. The quantitative estimate of drug-likeness (QED) is 0.841. The Balaban J connectivity index is 1.58. The summed E-state index contributed by atoms with van der Waals surface area (Å²) in [4.78, 5) is 8.02. The first-order valence-electron chi connectivity index (χ1n) is 9.11. The summed E-state index contributed by atoms with van der Waals surface area (Å²) in [5.41, 5.74) is 0. The van der Waals surface area contributed by atoms with Crippen molar-refractivity contribution in [1.29, 1.82) is 0 Å². The van der Waals surface area contributed by atoms with E-state index in [-0.39, 0.29) is 0 Å². The van der Waals surface area contributed by atoms with E-state index in [1.807, 2.05) is 0 Å². The van der Waals surface area contributed by atoms with Crippen LogP contribution < -0.4 is 5.32 Å². The zero-order valence-electron chi connectivity index (χ0n) is 14.1. The van der Waals surface area contributed by atoms with Crippen LogP contribution in [0.1, 0.15) is 32.6 Å². The van der Waals surface area contributed by atoms with Crippen LogP contribution in [0.25, 0.3) is 0 Å². The maximum Gasteiger partial charge on any atom is 0.0262 e. The molecule has 0 aromatic carbocycles. The Hall–Kier alpha value is -0.160. The first kappa shape index (κ1) is 15.7. The van der Waals surface area contributed by atoms with Crippen LogP contribution in [0, 0.1) is 5.92 Å². The summed E-state index contributed by atoms with van der Waals surface area (Å²) in [6.07, 6.45) is 5.62. The molecule has 4 heteroatoms. The molecule has 3 aliphatic heterocycles. The molecule has 122 valence electrons. The number of hydrogen-bond acceptors (Lipinski definition) is 4. The molecule has 0 aromatic rings. The lowest BCUT2D eigenvalue weighted by atomic mass is 9.89. The highest BCUT2D eigenvalue weighted by Gasteiger charge is 2.33. The summed E-state index contributed by atoms with van der Waals surface area (Å²) >= 11 is 0. The van der Waals surface area contributed by atoms with Gasteiger partial charge in [0.05, 0.1) is 0 Å². The molecule has 0 amide bonds. The lowest BCUT2D eigenvalue weighted by Crippen LogP contribution is -2.59. The molecule has 3 unspecified atom stereocenters. The van der Waals surface area contributed by atoms with Crippen LogP contribution in [0.15, 0.2) is 0 Å². The minimum absolute atomic E-state index is 0.765. The summed E-state index contributed by atoms with van der Waals surface area (Å²) in [7, 11) is 2.25. The Morgan fingerprint density at radius 1 is 1.00 bits per heavy atom. The highest BCUT2D eigenvalue weighted by atomic mass is 15.3. The predicted molar refractivity (Wildman–Crippen MR) is 88.7 cm³/mol. The van der Waals surface area contributed by atoms with Crippen molar-refractivity contribution in [2.75, 3.05) is 59.4 Å². The second-order valence-corrected chi connectivity index (χ2v) is 7.50. The van der Waals surface area contributed by atoms with Crippen LogP contribution in [-0.2, 0) is 0 Å². The van der Waals surface area contributed by atoms with Crippen molar-refractivity contribution in [2.45, 2.75) is 44.7 Å². The van der Waals surface area contributed by atoms with Crippen molar-refractivity contribution >= 4 is 0 Å². The standard InChI is InChI=1S/C17H34N4/c1-15-5-3-4-8-21(15)14-16-6-7-18-13-17(16)20-11-9-19(2)10-12-20/h15-18H,3-14H2,1-2H3. The molecule has 4 nitrogen and oxygen atoms in total. The van der Waals surface area contributed by atoms with Crippen molar-refractivity contribution in [3.8, 4) is 0 Å². The molecule has 3 aliphatic rings. The number of hydrogen-bond donors (Lipinski definition) is 1. The van der Waals surface area contributed by atoms with Crippen LogP contribution in [0.5, 0.6) is 0 Å². The highest BCUT2D eigenvalue weighted by Crippen LogP contribution is 2.24. The molecule has 3 rings (SSSR count). The maximum atomic E-state index is 3.65. The zero-order chi connectivity index (χ0) is 14.7. The maximum absolute atomic E-state index is 3.65. The fourth-order valence-corrected chi connectivity index (χ4v) is 4.42. The van der Waals surface area contributed by atoms with Crippen molar-refractivity contribution in [1.82, 2.24) is 20.0 Å². The Bertz CT molecular complexity index is 314. The minimum Gasteiger partial charge on any atom is -0.315 e. The molecule has 1 N–H and O–H groups in total. The minimum atomic E-state index is 0.765. The molecule has 0 radical (unpaired) electrons. The van der Waals surface area contributed by atoms with Gasteiger partial charge in [0.1, 0.15) is 0 Å². The van der Waals surface area contributed by atoms with Crippen molar-refractivity contribution < 1.29 is 0 Å². The van der Waals surface area contributed by atoms with Crippen LogP contribution in [0.2, 0.25) is 0 Å². The van der Waals surface area contributed by atoms with Crippen LogP contribution in [0.4, 0.5) is 0 Å². The second kappa shape index (κ2) is 7.40. The summed E-state index contributed by atoms with van der Waals surface area (Å²) < 4.78 is 0. The van der Waals surface area contributed by atoms with E-state index in [9.17, 15) is 0 Å². The van der Waals surface area contributed by atoms with E-state index >= 15 is 0 Å². The van der Waals surface area contributed by atoms with Crippen LogP contribution in [-0.4, -0.2) is 86.2 Å². The van der Waals surface area contributed by atoms with E-state index in [2.05, 4.69) is 34.0 Å². The number of piperazine rings is 1. The monoisotopic (exact) mass is 294 g/mol. The fourth-order valence-electron chi connectivity index (χ4n) is 4.42. The normalized spacial score (nSPS) is 37.7. The largest absolute Gasteiger partial charge is 0.315 e. The first-order chi connectivity index (χ1) is 10.2. The Morgan fingerprint density at radius 3 is 2.57 bits per heavy atom. The number of likely N-dealkylation sites (tertiary alicyclic amines) is 1. The molecule has 21 heavy (non-hydrogen) atoms. The molecule has 3 heterocycles. The van der Waals surface area contributed by atoms with Crippen LogP contribution >= 0.6 is 0 Å². The number of likely N-dealkylation sites (N-methyl/N-ethyl adjacent to an activating group) is 1.